The van der Waals surface area contributed by atoms with Crippen LogP contribution in [0.25, 0.3) is 10.9 Å². The van der Waals surface area contributed by atoms with Crippen LogP contribution in [0.4, 0.5) is 5.82 Å². The van der Waals surface area contributed by atoms with Crippen LogP contribution in [-0.4, -0.2) is 9.97 Å². The molecule has 0 bridgehead atoms. The van der Waals surface area contributed by atoms with E-state index in [1.807, 2.05) is 48.5 Å². The molecule has 18 heavy (non-hydrogen) atoms. The van der Waals surface area contributed by atoms with E-state index in [2.05, 4.69) is 15.4 Å². The van der Waals surface area contributed by atoms with Crippen LogP contribution in [-0.2, 0) is 0 Å². The van der Waals surface area contributed by atoms with E-state index >= 15 is 0 Å². The molecule has 0 unspecified atom stereocenters. The van der Waals surface area contributed by atoms with Crippen LogP contribution in [0.15, 0.2) is 60.9 Å². The molecular weight excluding hydrogens is 226 g/mol. The third kappa shape index (κ3) is 2.22. The fraction of sp³-hybridized carbons (Fsp3) is 0. The lowest BCUT2D eigenvalue weighted by Gasteiger charge is -2.07. The van der Waals surface area contributed by atoms with E-state index in [4.69, 9.17) is 4.84 Å². The van der Waals surface area contributed by atoms with Gasteiger partial charge in [0.1, 0.15) is 0 Å². The van der Waals surface area contributed by atoms with Gasteiger partial charge in [0.15, 0.2) is 11.6 Å². The Morgan fingerprint density at radius 1 is 0.889 bits per heavy atom. The van der Waals surface area contributed by atoms with Crippen LogP contribution in [0, 0.1) is 0 Å². The van der Waals surface area contributed by atoms with Gasteiger partial charge in [-0.3, -0.25) is 4.98 Å². The number of nitrogens with one attached hydrogen (secondary N) is 1. The molecule has 2 heterocycles. The highest BCUT2D eigenvalue weighted by Gasteiger charge is 1.98. The van der Waals surface area contributed by atoms with Gasteiger partial charge in [0.05, 0.1) is 5.52 Å². The van der Waals surface area contributed by atoms with Crippen molar-refractivity contribution in [3.63, 3.8) is 0 Å². The van der Waals surface area contributed by atoms with Crippen molar-refractivity contribution in [1.82, 2.24) is 9.97 Å². The molecule has 3 aromatic rings. The Bertz CT molecular complexity index is 655. The number of rotatable bonds is 3. The lowest BCUT2D eigenvalue weighted by atomic mass is 10.2. The van der Waals surface area contributed by atoms with Crippen molar-refractivity contribution in [3.05, 3.63) is 60.9 Å². The van der Waals surface area contributed by atoms with Gasteiger partial charge < -0.3 is 4.84 Å². The molecular formula is C14H11N3O. The zero-order valence-corrected chi connectivity index (χ0v) is 9.58. The molecule has 1 aromatic carbocycles. The zero-order valence-electron chi connectivity index (χ0n) is 9.58. The second kappa shape index (κ2) is 4.71. The molecule has 0 atom stereocenters. The Morgan fingerprint density at radius 3 is 2.72 bits per heavy atom. The highest BCUT2D eigenvalue weighted by atomic mass is 16.6. The molecule has 0 aliphatic heterocycles. The van der Waals surface area contributed by atoms with Crippen molar-refractivity contribution in [2.75, 3.05) is 5.48 Å². The summed E-state index contributed by atoms with van der Waals surface area (Å²) in [7, 11) is 0. The largest absolute Gasteiger partial charge is 0.381 e. The minimum atomic E-state index is 0.670. The molecule has 0 saturated carbocycles. The summed E-state index contributed by atoms with van der Waals surface area (Å²) in [5.41, 5.74) is 3.74. The Morgan fingerprint density at radius 2 is 1.83 bits per heavy atom. The lowest BCUT2D eigenvalue weighted by molar-refractivity contribution is 0.403. The second-order valence-electron chi connectivity index (χ2n) is 3.78. The van der Waals surface area contributed by atoms with Gasteiger partial charge in [-0.1, -0.05) is 12.1 Å². The summed E-state index contributed by atoms with van der Waals surface area (Å²) < 4.78 is 0. The van der Waals surface area contributed by atoms with Crippen LogP contribution < -0.4 is 10.3 Å². The third-order valence-corrected chi connectivity index (χ3v) is 2.51. The number of anilines is 1. The van der Waals surface area contributed by atoms with Crippen molar-refractivity contribution >= 4 is 16.7 Å². The molecule has 88 valence electrons. The van der Waals surface area contributed by atoms with Gasteiger partial charge in [0.2, 0.25) is 0 Å². The van der Waals surface area contributed by atoms with E-state index in [1.165, 1.54) is 0 Å². The maximum Gasteiger partial charge on any atom is 0.160 e. The van der Waals surface area contributed by atoms with Gasteiger partial charge in [-0.15, -0.1) is 0 Å². The van der Waals surface area contributed by atoms with E-state index in [0.717, 1.165) is 16.7 Å². The van der Waals surface area contributed by atoms with E-state index in [0.29, 0.717) is 5.82 Å². The average Bonchev–Trinajstić information content (AvgIpc) is 2.46. The Labute approximate surface area is 104 Å². The highest BCUT2D eigenvalue weighted by molar-refractivity contribution is 5.79. The van der Waals surface area contributed by atoms with Crippen LogP contribution in [0.1, 0.15) is 0 Å². The molecule has 0 amide bonds. The van der Waals surface area contributed by atoms with E-state index in [1.54, 1.807) is 12.4 Å². The summed E-state index contributed by atoms with van der Waals surface area (Å²) in [6.45, 7) is 0. The summed E-state index contributed by atoms with van der Waals surface area (Å²) in [6.07, 6.45) is 3.48. The predicted molar refractivity (Wildman–Crippen MR) is 70.2 cm³/mol. The second-order valence-corrected chi connectivity index (χ2v) is 3.78. The molecule has 0 saturated heterocycles. The first-order chi connectivity index (χ1) is 8.92. The molecule has 0 spiro atoms. The van der Waals surface area contributed by atoms with Gasteiger partial charge in [-0.25, -0.2) is 10.5 Å². The van der Waals surface area contributed by atoms with Crippen LogP contribution in [0.5, 0.6) is 5.75 Å². The maximum atomic E-state index is 5.46. The molecule has 0 radical (unpaired) electrons. The van der Waals surface area contributed by atoms with E-state index in [-0.39, 0.29) is 0 Å². The number of nitrogens with zero attached hydrogens (tertiary/aromatic N) is 2. The number of hydrogen-bond acceptors (Lipinski definition) is 4. The fourth-order valence-electron chi connectivity index (χ4n) is 1.65. The van der Waals surface area contributed by atoms with Gasteiger partial charge in [0, 0.05) is 17.8 Å². The minimum Gasteiger partial charge on any atom is -0.381 e. The summed E-state index contributed by atoms with van der Waals surface area (Å²) in [5.74, 6) is 1.39. The van der Waals surface area contributed by atoms with Crippen LogP contribution in [0.2, 0.25) is 0 Å². The zero-order chi connectivity index (χ0) is 12.2. The van der Waals surface area contributed by atoms with Gasteiger partial charge >= 0.3 is 0 Å². The smallest absolute Gasteiger partial charge is 0.160 e. The first-order valence-corrected chi connectivity index (χ1v) is 5.60. The number of fused-ring (bicyclic) bond motifs is 1. The Kier molecular flexibility index (Phi) is 2.75. The standard InChI is InChI=1S/C14H11N3O/c1-2-8-16-14(5-1)17-18-12-6-7-13-11(10-12)4-3-9-15-13/h1-10H,(H,16,17). The number of hydrogen-bond donors (Lipinski definition) is 1. The molecule has 0 aliphatic carbocycles. The summed E-state index contributed by atoms with van der Waals surface area (Å²) in [5, 5.41) is 1.04. The molecule has 4 heteroatoms. The van der Waals surface area contributed by atoms with Crippen molar-refractivity contribution in [1.29, 1.82) is 0 Å². The summed E-state index contributed by atoms with van der Waals surface area (Å²) >= 11 is 0. The van der Waals surface area contributed by atoms with Crippen LogP contribution in [0.3, 0.4) is 0 Å². The molecule has 3 rings (SSSR count). The topological polar surface area (TPSA) is 47.0 Å². The predicted octanol–water partition coefficient (Wildman–Crippen LogP) is 3.04. The third-order valence-electron chi connectivity index (χ3n) is 2.51. The number of pyridine rings is 2. The highest BCUT2D eigenvalue weighted by Crippen LogP contribution is 2.19. The fourth-order valence-corrected chi connectivity index (χ4v) is 1.65. The monoisotopic (exact) mass is 237 g/mol. The molecule has 2 aromatic heterocycles. The average molecular weight is 237 g/mol. The van der Waals surface area contributed by atoms with Crippen molar-refractivity contribution in [2.24, 2.45) is 0 Å². The maximum absolute atomic E-state index is 5.46. The molecule has 0 fully saturated rings. The lowest BCUT2D eigenvalue weighted by Crippen LogP contribution is -2.05. The SMILES string of the molecule is c1ccc(NOc2ccc3ncccc3c2)nc1. The van der Waals surface area contributed by atoms with E-state index in [9.17, 15) is 0 Å². The molecule has 1 N–H and O–H groups in total. The van der Waals surface area contributed by atoms with Gasteiger partial charge in [0.25, 0.3) is 0 Å². The first-order valence-electron chi connectivity index (χ1n) is 5.60. The van der Waals surface area contributed by atoms with Gasteiger partial charge in [-0.2, -0.15) is 0 Å². The molecule has 4 nitrogen and oxygen atoms in total. The quantitative estimate of drug-likeness (QED) is 0.711. The van der Waals surface area contributed by atoms with E-state index < -0.39 is 0 Å². The van der Waals surface area contributed by atoms with Crippen molar-refractivity contribution in [3.8, 4) is 5.75 Å². The summed E-state index contributed by atoms with van der Waals surface area (Å²) in [4.78, 5) is 13.8. The number of aromatic nitrogens is 2. The Hall–Kier alpha value is -2.62. The summed E-state index contributed by atoms with van der Waals surface area (Å²) in [6, 6.07) is 15.2. The van der Waals surface area contributed by atoms with Crippen molar-refractivity contribution < 1.29 is 4.84 Å². The normalized spacial score (nSPS) is 10.2. The molecule has 0 aliphatic rings. The number of benzene rings is 1. The van der Waals surface area contributed by atoms with Crippen molar-refractivity contribution in [2.45, 2.75) is 0 Å². The minimum absolute atomic E-state index is 0.670. The van der Waals surface area contributed by atoms with Gasteiger partial charge in [-0.05, 0) is 36.4 Å². The first kappa shape index (κ1) is 10.5. The van der Waals surface area contributed by atoms with Crippen LogP contribution >= 0.6 is 0 Å². The Balaban J connectivity index is 1.79.